The van der Waals surface area contributed by atoms with Gasteiger partial charge in [0.15, 0.2) is 5.69 Å². The zero-order chi connectivity index (χ0) is 18.1. The Hall–Kier alpha value is -3.08. The third kappa shape index (κ3) is 2.75. The van der Waals surface area contributed by atoms with E-state index in [1.807, 2.05) is 73.5 Å². The molecule has 4 rings (SSSR count). The number of ether oxygens (including phenoxy) is 1. The van der Waals surface area contributed by atoms with Gasteiger partial charge in [-0.25, -0.2) is 0 Å². The van der Waals surface area contributed by atoms with E-state index < -0.39 is 0 Å². The molecule has 2 aromatic carbocycles. The molecular formula is C21H21N3O2. The van der Waals surface area contributed by atoms with E-state index in [4.69, 9.17) is 4.74 Å². The van der Waals surface area contributed by atoms with Crippen LogP contribution in [0.5, 0.6) is 5.75 Å². The summed E-state index contributed by atoms with van der Waals surface area (Å²) in [6.07, 6.45) is 0. The van der Waals surface area contributed by atoms with Gasteiger partial charge in [-0.2, -0.15) is 5.10 Å². The van der Waals surface area contributed by atoms with Crippen LogP contribution in [0.1, 0.15) is 28.5 Å². The summed E-state index contributed by atoms with van der Waals surface area (Å²) < 4.78 is 7.65. The van der Waals surface area contributed by atoms with Gasteiger partial charge in [0, 0.05) is 31.3 Å². The van der Waals surface area contributed by atoms with E-state index >= 15 is 0 Å². The van der Waals surface area contributed by atoms with Crippen LogP contribution in [0.15, 0.2) is 54.6 Å². The van der Waals surface area contributed by atoms with E-state index in [0.29, 0.717) is 25.4 Å². The fourth-order valence-electron chi connectivity index (χ4n) is 3.43. The smallest absolute Gasteiger partial charge is 0.275 e. The van der Waals surface area contributed by atoms with Crippen molar-refractivity contribution in [2.45, 2.75) is 20.1 Å². The molecular weight excluding hydrogens is 326 g/mol. The van der Waals surface area contributed by atoms with E-state index in [0.717, 1.165) is 28.1 Å². The van der Waals surface area contributed by atoms with Crippen LogP contribution in [-0.4, -0.2) is 27.1 Å². The van der Waals surface area contributed by atoms with E-state index in [2.05, 4.69) is 5.10 Å². The number of hydrogen-bond donors (Lipinski definition) is 0. The normalized spacial score (nSPS) is 12.1. The highest BCUT2D eigenvalue weighted by molar-refractivity contribution is 5.96. The molecule has 1 aromatic heterocycles. The zero-order valence-corrected chi connectivity index (χ0v) is 15.0. The lowest BCUT2D eigenvalue weighted by Gasteiger charge is -2.22. The molecule has 1 amide bonds. The molecule has 0 radical (unpaired) electrons. The highest BCUT2D eigenvalue weighted by atomic mass is 16.5. The Kier molecular flexibility index (Phi) is 4.21. The Labute approximate surface area is 152 Å². The maximum Gasteiger partial charge on any atom is 0.275 e. The molecule has 0 saturated heterocycles. The first-order chi connectivity index (χ1) is 12.7. The van der Waals surface area contributed by atoms with Crippen molar-refractivity contribution in [3.8, 4) is 17.0 Å². The third-order valence-electron chi connectivity index (χ3n) is 4.75. The Morgan fingerprint density at radius 1 is 1.15 bits per heavy atom. The summed E-state index contributed by atoms with van der Waals surface area (Å²) in [7, 11) is 1.88. The quantitative estimate of drug-likeness (QED) is 0.724. The maximum absolute atomic E-state index is 13.2. The van der Waals surface area contributed by atoms with Gasteiger partial charge in [0.25, 0.3) is 5.91 Å². The molecule has 26 heavy (non-hydrogen) atoms. The highest BCUT2D eigenvalue weighted by Gasteiger charge is 2.30. The Morgan fingerprint density at radius 2 is 1.88 bits per heavy atom. The summed E-state index contributed by atoms with van der Waals surface area (Å²) >= 11 is 0. The van der Waals surface area contributed by atoms with Crippen LogP contribution in [0.3, 0.4) is 0 Å². The molecule has 0 aliphatic carbocycles. The number of nitrogens with zero attached hydrogens (tertiary/aromatic N) is 3. The minimum absolute atomic E-state index is 0.0591. The summed E-state index contributed by atoms with van der Waals surface area (Å²) in [6.45, 7) is 3.54. The van der Waals surface area contributed by atoms with Crippen molar-refractivity contribution < 1.29 is 9.53 Å². The second kappa shape index (κ2) is 6.67. The van der Waals surface area contributed by atoms with Crippen molar-refractivity contribution in [1.29, 1.82) is 0 Å². The highest BCUT2D eigenvalue weighted by Crippen LogP contribution is 2.38. The first-order valence-electron chi connectivity index (χ1n) is 8.80. The zero-order valence-electron chi connectivity index (χ0n) is 15.0. The number of rotatable bonds is 4. The number of hydrogen-bond acceptors (Lipinski definition) is 3. The first-order valence-corrected chi connectivity index (χ1v) is 8.80. The van der Waals surface area contributed by atoms with Gasteiger partial charge in [0.05, 0.1) is 5.69 Å². The largest absolute Gasteiger partial charge is 0.488 e. The second-order valence-electron chi connectivity index (χ2n) is 6.39. The predicted octanol–water partition coefficient (Wildman–Crippen LogP) is 3.64. The molecule has 132 valence electrons. The Balaban J connectivity index is 1.70. The fourth-order valence-corrected chi connectivity index (χ4v) is 3.43. The summed E-state index contributed by atoms with van der Waals surface area (Å²) in [6, 6.07) is 17.9. The molecule has 0 unspecified atom stereocenters. The van der Waals surface area contributed by atoms with E-state index in [1.165, 1.54) is 0 Å². The van der Waals surface area contributed by atoms with Crippen molar-refractivity contribution >= 4 is 5.91 Å². The lowest BCUT2D eigenvalue weighted by molar-refractivity contribution is 0.0743. The van der Waals surface area contributed by atoms with Crippen LogP contribution in [0.4, 0.5) is 0 Å². The molecule has 5 nitrogen and oxygen atoms in total. The number of aromatic nitrogens is 2. The monoisotopic (exact) mass is 347 g/mol. The molecule has 0 spiro atoms. The van der Waals surface area contributed by atoms with Crippen LogP contribution >= 0.6 is 0 Å². The molecule has 5 heteroatoms. The Bertz CT molecular complexity index is 947. The number of carbonyl (C=O) groups is 1. The summed E-state index contributed by atoms with van der Waals surface area (Å²) in [5.41, 5.74) is 4.39. The number of para-hydroxylation sites is 1. The number of aryl methyl sites for hydroxylation is 1. The lowest BCUT2D eigenvalue weighted by atomic mass is 10.0. The maximum atomic E-state index is 13.2. The van der Waals surface area contributed by atoms with Crippen molar-refractivity contribution in [1.82, 2.24) is 14.7 Å². The van der Waals surface area contributed by atoms with E-state index in [-0.39, 0.29) is 5.91 Å². The summed E-state index contributed by atoms with van der Waals surface area (Å²) in [5, 5.41) is 4.55. The number of amides is 1. The van der Waals surface area contributed by atoms with Crippen LogP contribution in [-0.2, 0) is 20.2 Å². The molecule has 0 saturated carbocycles. The van der Waals surface area contributed by atoms with Crippen LogP contribution in [0, 0.1) is 0 Å². The predicted molar refractivity (Wildman–Crippen MR) is 99.8 cm³/mol. The number of carbonyl (C=O) groups excluding carboxylic acids is 1. The topological polar surface area (TPSA) is 47.4 Å². The van der Waals surface area contributed by atoms with Crippen molar-refractivity contribution in [2.75, 3.05) is 6.54 Å². The molecule has 2 heterocycles. The molecule has 1 aliphatic rings. The van der Waals surface area contributed by atoms with Crippen molar-refractivity contribution in [2.24, 2.45) is 7.05 Å². The average molecular weight is 347 g/mol. The standard InChI is InChI=1S/C21H21N3O2/c1-3-24(13-15-9-5-4-6-10-15)21(25)19-17-14-26-18-12-8-7-11-16(18)20(17)23(2)22-19/h4-12H,3,13-14H2,1-2H3. The van der Waals surface area contributed by atoms with E-state index in [1.54, 1.807) is 4.68 Å². The molecule has 0 N–H and O–H groups in total. The van der Waals surface area contributed by atoms with E-state index in [9.17, 15) is 4.79 Å². The number of fused-ring (bicyclic) bond motifs is 3. The average Bonchev–Trinajstić information content (AvgIpc) is 3.03. The lowest BCUT2D eigenvalue weighted by Crippen LogP contribution is -2.31. The molecule has 0 atom stereocenters. The fraction of sp³-hybridized carbons (Fsp3) is 0.238. The van der Waals surface area contributed by atoms with Crippen LogP contribution in [0.25, 0.3) is 11.3 Å². The summed E-state index contributed by atoms with van der Waals surface area (Å²) in [5.74, 6) is 0.773. The minimum Gasteiger partial charge on any atom is -0.488 e. The summed E-state index contributed by atoms with van der Waals surface area (Å²) in [4.78, 5) is 15.0. The second-order valence-corrected chi connectivity index (χ2v) is 6.39. The van der Waals surface area contributed by atoms with Crippen molar-refractivity contribution in [3.05, 3.63) is 71.4 Å². The van der Waals surface area contributed by atoms with Crippen LogP contribution in [0.2, 0.25) is 0 Å². The van der Waals surface area contributed by atoms with Crippen LogP contribution < -0.4 is 4.74 Å². The Morgan fingerprint density at radius 3 is 2.65 bits per heavy atom. The van der Waals surface area contributed by atoms with Gasteiger partial charge in [0.1, 0.15) is 12.4 Å². The van der Waals surface area contributed by atoms with Gasteiger partial charge in [-0.1, -0.05) is 42.5 Å². The first kappa shape index (κ1) is 16.4. The minimum atomic E-state index is -0.0591. The molecule has 0 fully saturated rings. The molecule has 1 aliphatic heterocycles. The third-order valence-corrected chi connectivity index (χ3v) is 4.75. The van der Waals surface area contributed by atoms with Gasteiger partial charge in [-0.15, -0.1) is 0 Å². The van der Waals surface area contributed by atoms with Gasteiger partial charge in [0.2, 0.25) is 0 Å². The van der Waals surface area contributed by atoms with Crippen molar-refractivity contribution in [3.63, 3.8) is 0 Å². The molecule has 3 aromatic rings. The SMILES string of the molecule is CCN(Cc1ccccc1)C(=O)c1nn(C)c2c1COc1ccccc1-2. The van der Waals surface area contributed by atoms with Gasteiger partial charge in [-0.3, -0.25) is 9.48 Å². The van der Waals surface area contributed by atoms with Gasteiger partial charge >= 0.3 is 0 Å². The van der Waals surface area contributed by atoms with Gasteiger partial charge < -0.3 is 9.64 Å². The number of benzene rings is 2. The van der Waals surface area contributed by atoms with Gasteiger partial charge in [-0.05, 0) is 24.6 Å². The molecule has 0 bridgehead atoms.